The summed E-state index contributed by atoms with van der Waals surface area (Å²) in [6.07, 6.45) is 2.72. The molecule has 0 aliphatic carbocycles. The van der Waals surface area contributed by atoms with Crippen molar-refractivity contribution in [2.45, 2.75) is 0 Å². The smallest absolute Gasteiger partial charge is 0.344 e. The number of nitro benzene ring substituents is 1. The number of H-pyrrole nitrogens is 1. The van der Waals surface area contributed by atoms with E-state index >= 15 is 0 Å². The molecule has 0 aliphatic heterocycles. The Morgan fingerprint density at radius 1 is 1.35 bits per heavy atom. The number of esters is 1. The first-order valence-corrected chi connectivity index (χ1v) is 4.62. The van der Waals surface area contributed by atoms with Crippen molar-refractivity contribution in [1.82, 2.24) is 9.97 Å². The molecule has 0 fully saturated rings. The number of hydrogen-bond donors (Lipinski definition) is 1. The Morgan fingerprint density at radius 3 is 2.59 bits per heavy atom. The molecule has 7 heteroatoms. The largest absolute Gasteiger partial charge is 0.404 e. The minimum absolute atomic E-state index is 0.0805. The summed E-state index contributed by atoms with van der Waals surface area (Å²) in [4.78, 5) is 27.7. The van der Waals surface area contributed by atoms with Crippen molar-refractivity contribution in [2.75, 3.05) is 0 Å². The van der Waals surface area contributed by atoms with E-state index in [1.165, 1.54) is 36.8 Å². The quantitative estimate of drug-likeness (QED) is 0.492. The lowest BCUT2D eigenvalue weighted by molar-refractivity contribution is -0.384. The summed E-state index contributed by atoms with van der Waals surface area (Å²) in [6.45, 7) is 0. The molecule has 1 heterocycles. The summed E-state index contributed by atoms with van der Waals surface area (Å²) in [5, 5.41) is 10.4. The molecule has 2 rings (SSSR count). The Kier molecular flexibility index (Phi) is 2.82. The van der Waals surface area contributed by atoms with Crippen LogP contribution in [0.4, 0.5) is 5.69 Å². The van der Waals surface area contributed by atoms with Gasteiger partial charge in [0, 0.05) is 12.1 Å². The molecule has 1 N–H and O–H groups in total. The van der Waals surface area contributed by atoms with Crippen LogP contribution in [0, 0.1) is 10.1 Å². The minimum atomic E-state index is -0.607. The highest BCUT2D eigenvalue weighted by atomic mass is 16.6. The maximum Gasteiger partial charge on any atom is 0.344 e. The van der Waals surface area contributed by atoms with E-state index in [1.807, 2.05) is 0 Å². The third-order valence-corrected chi connectivity index (χ3v) is 1.99. The van der Waals surface area contributed by atoms with Gasteiger partial charge >= 0.3 is 5.97 Å². The summed E-state index contributed by atoms with van der Waals surface area (Å²) in [5.41, 5.74) is 0.147. The number of aromatic nitrogens is 2. The van der Waals surface area contributed by atoms with Crippen LogP contribution in [0.1, 0.15) is 10.4 Å². The van der Waals surface area contributed by atoms with Gasteiger partial charge in [0.25, 0.3) is 5.69 Å². The summed E-state index contributed by atoms with van der Waals surface area (Å²) >= 11 is 0. The van der Waals surface area contributed by atoms with Gasteiger partial charge in [0.15, 0.2) is 0 Å². The molecule has 2 aromatic rings. The van der Waals surface area contributed by atoms with Crippen LogP contribution in [-0.4, -0.2) is 20.9 Å². The van der Waals surface area contributed by atoms with Crippen LogP contribution in [0.5, 0.6) is 5.88 Å². The fourth-order valence-electron chi connectivity index (χ4n) is 1.18. The molecular formula is C10H7N3O4. The van der Waals surface area contributed by atoms with Gasteiger partial charge in [-0.25, -0.2) is 9.78 Å². The first kappa shape index (κ1) is 10.8. The number of carbonyl (C=O) groups is 1. The van der Waals surface area contributed by atoms with Crippen LogP contribution >= 0.6 is 0 Å². The topological polar surface area (TPSA) is 98.1 Å². The maximum absolute atomic E-state index is 11.6. The lowest BCUT2D eigenvalue weighted by Crippen LogP contribution is -2.08. The van der Waals surface area contributed by atoms with Crippen molar-refractivity contribution in [3.8, 4) is 5.88 Å². The molecule has 0 bridgehead atoms. The van der Waals surface area contributed by atoms with Gasteiger partial charge < -0.3 is 9.72 Å². The molecule has 17 heavy (non-hydrogen) atoms. The molecule has 0 atom stereocenters. The fourth-order valence-corrected chi connectivity index (χ4v) is 1.18. The standard InChI is InChI=1S/C10H7N3O4/c14-10(17-9-5-11-6-12-9)7-1-3-8(4-2-7)13(15)16/h1-6H,(H,11,12). The number of ether oxygens (including phenoxy) is 1. The van der Waals surface area contributed by atoms with Crippen molar-refractivity contribution in [3.63, 3.8) is 0 Å². The van der Waals surface area contributed by atoms with E-state index in [9.17, 15) is 14.9 Å². The molecule has 0 saturated carbocycles. The van der Waals surface area contributed by atoms with Crippen LogP contribution in [-0.2, 0) is 0 Å². The van der Waals surface area contributed by atoms with Gasteiger partial charge in [-0.1, -0.05) is 0 Å². The van der Waals surface area contributed by atoms with E-state index in [0.717, 1.165) is 0 Å². The first-order chi connectivity index (χ1) is 8.16. The number of hydrogen-bond acceptors (Lipinski definition) is 5. The number of nitrogens with one attached hydrogen (secondary N) is 1. The molecule has 0 amide bonds. The summed E-state index contributed by atoms with van der Waals surface area (Å²) in [7, 11) is 0. The van der Waals surface area contributed by atoms with E-state index in [0.29, 0.717) is 0 Å². The number of non-ortho nitro benzene ring substituents is 1. The normalized spacial score (nSPS) is 9.88. The lowest BCUT2D eigenvalue weighted by Gasteiger charge is -2.00. The van der Waals surface area contributed by atoms with E-state index < -0.39 is 10.9 Å². The maximum atomic E-state index is 11.6. The van der Waals surface area contributed by atoms with Gasteiger partial charge in [0.1, 0.15) is 0 Å². The minimum Gasteiger partial charge on any atom is -0.404 e. The second-order valence-corrected chi connectivity index (χ2v) is 3.11. The zero-order valence-corrected chi connectivity index (χ0v) is 8.49. The molecule has 0 aliphatic rings. The van der Waals surface area contributed by atoms with E-state index in [2.05, 4.69) is 9.97 Å². The van der Waals surface area contributed by atoms with Gasteiger partial charge in [-0.3, -0.25) is 10.1 Å². The molecule has 0 saturated heterocycles. The van der Waals surface area contributed by atoms with Gasteiger partial charge in [-0.05, 0) is 12.1 Å². The van der Waals surface area contributed by atoms with Crippen LogP contribution in [0.2, 0.25) is 0 Å². The Balaban J connectivity index is 2.12. The molecule has 0 radical (unpaired) electrons. The van der Waals surface area contributed by atoms with Gasteiger partial charge in [-0.15, -0.1) is 0 Å². The SMILES string of the molecule is O=C(Oc1cnc[nH]1)c1ccc([N+](=O)[O-])cc1. The monoisotopic (exact) mass is 233 g/mol. The molecule has 1 aromatic carbocycles. The average molecular weight is 233 g/mol. The highest BCUT2D eigenvalue weighted by Gasteiger charge is 2.11. The molecule has 1 aromatic heterocycles. The fraction of sp³-hybridized carbons (Fsp3) is 0. The number of nitrogens with zero attached hydrogens (tertiary/aromatic N) is 2. The van der Waals surface area contributed by atoms with Gasteiger partial charge in [-0.2, -0.15) is 0 Å². The Bertz CT molecular complexity index is 533. The highest BCUT2D eigenvalue weighted by molar-refractivity contribution is 5.91. The molecular weight excluding hydrogens is 226 g/mol. The lowest BCUT2D eigenvalue weighted by atomic mass is 10.2. The third kappa shape index (κ3) is 2.46. The average Bonchev–Trinajstić information content (AvgIpc) is 2.82. The third-order valence-electron chi connectivity index (χ3n) is 1.99. The van der Waals surface area contributed by atoms with Crippen molar-refractivity contribution < 1.29 is 14.5 Å². The number of rotatable bonds is 3. The van der Waals surface area contributed by atoms with Gasteiger partial charge in [0.05, 0.1) is 23.0 Å². The number of imidazole rings is 1. The number of aromatic amines is 1. The number of benzene rings is 1. The van der Waals surface area contributed by atoms with E-state index in [-0.39, 0.29) is 17.1 Å². The molecule has 0 spiro atoms. The van der Waals surface area contributed by atoms with Crippen LogP contribution in [0.3, 0.4) is 0 Å². The second kappa shape index (κ2) is 4.44. The van der Waals surface area contributed by atoms with Crippen molar-refractivity contribution in [3.05, 3.63) is 52.5 Å². The van der Waals surface area contributed by atoms with E-state index in [1.54, 1.807) is 0 Å². The zero-order chi connectivity index (χ0) is 12.3. The summed E-state index contributed by atoms with van der Waals surface area (Å²) < 4.78 is 4.91. The molecule has 0 unspecified atom stereocenters. The van der Waals surface area contributed by atoms with Crippen LogP contribution < -0.4 is 4.74 Å². The number of nitro groups is 1. The van der Waals surface area contributed by atoms with Crippen molar-refractivity contribution in [2.24, 2.45) is 0 Å². The Hall–Kier alpha value is -2.70. The Morgan fingerprint density at radius 2 is 2.06 bits per heavy atom. The predicted octanol–water partition coefficient (Wildman–Crippen LogP) is 1.54. The first-order valence-electron chi connectivity index (χ1n) is 4.62. The molecule has 7 nitrogen and oxygen atoms in total. The van der Waals surface area contributed by atoms with Crippen molar-refractivity contribution >= 4 is 11.7 Å². The van der Waals surface area contributed by atoms with Gasteiger partial charge in [0.2, 0.25) is 5.88 Å². The van der Waals surface area contributed by atoms with Crippen molar-refractivity contribution in [1.29, 1.82) is 0 Å². The van der Waals surface area contributed by atoms with Crippen LogP contribution in [0.25, 0.3) is 0 Å². The van der Waals surface area contributed by atoms with E-state index in [4.69, 9.17) is 4.74 Å². The molecule has 86 valence electrons. The number of carbonyl (C=O) groups excluding carboxylic acids is 1. The zero-order valence-electron chi connectivity index (χ0n) is 8.49. The van der Waals surface area contributed by atoms with Crippen LogP contribution in [0.15, 0.2) is 36.8 Å². The highest BCUT2D eigenvalue weighted by Crippen LogP contribution is 2.13. The summed E-state index contributed by atoms with van der Waals surface area (Å²) in [5.74, 6) is -0.391. The predicted molar refractivity (Wildman–Crippen MR) is 56.6 cm³/mol. The second-order valence-electron chi connectivity index (χ2n) is 3.11. The summed E-state index contributed by atoms with van der Waals surface area (Å²) in [6, 6.07) is 5.14. The Labute approximate surface area is 95.2 Å².